The molecule has 0 aliphatic carbocycles. The molecule has 4 nitrogen and oxygen atoms in total. The first-order valence-corrected chi connectivity index (χ1v) is 4.87. The second kappa shape index (κ2) is 4.39. The molecule has 1 saturated heterocycles. The van der Waals surface area contributed by atoms with Crippen molar-refractivity contribution in [3.05, 3.63) is 23.9 Å². The monoisotopic (exact) mass is 193 g/mol. The van der Waals surface area contributed by atoms with Gasteiger partial charge in [-0.1, -0.05) is 6.07 Å². The number of hydrogen-bond acceptors (Lipinski definition) is 4. The molecule has 1 aromatic rings. The maximum atomic E-state index is 5.26. The molecule has 4 heteroatoms. The smallest absolute Gasteiger partial charge is 0.140 e. The Morgan fingerprint density at radius 2 is 2.14 bits per heavy atom. The molecule has 76 valence electrons. The van der Waals surface area contributed by atoms with Crippen LogP contribution >= 0.6 is 0 Å². The van der Waals surface area contributed by atoms with Crippen molar-refractivity contribution in [2.75, 3.05) is 31.7 Å². The Balaban J connectivity index is 1.95. The minimum atomic E-state index is 0.790. The van der Waals surface area contributed by atoms with Gasteiger partial charge in [0.25, 0.3) is 0 Å². The highest BCUT2D eigenvalue weighted by Gasteiger charge is 2.09. The van der Waals surface area contributed by atoms with Crippen LogP contribution in [0.4, 0.5) is 5.82 Å². The summed E-state index contributed by atoms with van der Waals surface area (Å²) in [6.07, 6.45) is 0. The summed E-state index contributed by atoms with van der Waals surface area (Å²) in [7, 11) is 0. The number of aryl methyl sites for hydroxylation is 1. The van der Waals surface area contributed by atoms with Gasteiger partial charge in [-0.2, -0.15) is 0 Å². The van der Waals surface area contributed by atoms with Gasteiger partial charge in [0.15, 0.2) is 0 Å². The number of ether oxygens (including phenoxy) is 1. The number of hydrazine groups is 1. The molecular formula is C10H15N3O. The first-order valence-electron chi connectivity index (χ1n) is 4.87. The third kappa shape index (κ3) is 2.43. The standard InChI is InChI=1S/C10H15N3O/c1-9-3-2-4-10(11-9)12-13-5-7-14-8-6-13/h2-4H,5-8H2,1H3,(H,11,12). The van der Waals surface area contributed by atoms with E-state index in [0.717, 1.165) is 37.8 Å². The molecular weight excluding hydrogens is 178 g/mol. The fourth-order valence-corrected chi connectivity index (χ4v) is 1.44. The summed E-state index contributed by atoms with van der Waals surface area (Å²) < 4.78 is 5.26. The number of morpholine rings is 1. The van der Waals surface area contributed by atoms with Gasteiger partial charge in [-0.25, -0.2) is 9.99 Å². The molecule has 1 fully saturated rings. The zero-order chi connectivity index (χ0) is 9.80. The van der Waals surface area contributed by atoms with E-state index in [4.69, 9.17) is 4.74 Å². The average molecular weight is 193 g/mol. The number of anilines is 1. The molecule has 0 bridgehead atoms. The van der Waals surface area contributed by atoms with Crippen molar-refractivity contribution in [3.63, 3.8) is 0 Å². The summed E-state index contributed by atoms with van der Waals surface area (Å²) in [6.45, 7) is 5.40. The third-order valence-corrected chi connectivity index (χ3v) is 2.17. The van der Waals surface area contributed by atoms with Gasteiger partial charge in [-0.3, -0.25) is 0 Å². The second-order valence-corrected chi connectivity index (χ2v) is 3.38. The van der Waals surface area contributed by atoms with Crippen molar-refractivity contribution in [2.45, 2.75) is 6.92 Å². The molecule has 0 radical (unpaired) electrons. The Morgan fingerprint density at radius 1 is 1.36 bits per heavy atom. The number of nitrogens with one attached hydrogen (secondary N) is 1. The van der Waals surface area contributed by atoms with E-state index in [-0.39, 0.29) is 0 Å². The molecule has 0 amide bonds. The van der Waals surface area contributed by atoms with Crippen LogP contribution < -0.4 is 5.43 Å². The SMILES string of the molecule is Cc1cccc(NN2CCOCC2)n1. The number of aromatic nitrogens is 1. The molecule has 0 unspecified atom stereocenters. The van der Waals surface area contributed by atoms with Gasteiger partial charge in [-0.15, -0.1) is 0 Å². The molecule has 1 aromatic heterocycles. The zero-order valence-electron chi connectivity index (χ0n) is 8.36. The van der Waals surface area contributed by atoms with Crippen LogP contribution in [-0.4, -0.2) is 36.3 Å². The topological polar surface area (TPSA) is 37.4 Å². The summed E-state index contributed by atoms with van der Waals surface area (Å²) in [5.41, 5.74) is 4.29. The minimum Gasteiger partial charge on any atom is -0.379 e. The Labute approximate surface area is 83.9 Å². The fourth-order valence-electron chi connectivity index (χ4n) is 1.44. The quantitative estimate of drug-likeness (QED) is 0.761. The van der Waals surface area contributed by atoms with E-state index in [0.29, 0.717) is 0 Å². The normalized spacial score (nSPS) is 18.1. The van der Waals surface area contributed by atoms with Crippen LogP contribution in [0.15, 0.2) is 18.2 Å². The zero-order valence-corrected chi connectivity index (χ0v) is 8.36. The molecule has 2 heterocycles. The van der Waals surface area contributed by atoms with Crippen molar-refractivity contribution in [3.8, 4) is 0 Å². The lowest BCUT2D eigenvalue weighted by atomic mass is 10.4. The van der Waals surface area contributed by atoms with E-state index in [9.17, 15) is 0 Å². The van der Waals surface area contributed by atoms with E-state index in [1.165, 1.54) is 0 Å². The summed E-state index contributed by atoms with van der Waals surface area (Å²) in [4.78, 5) is 4.37. The van der Waals surface area contributed by atoms with Crippen LogP contribution in [0.5, 0.6) is 0 Å². The van der Waals surface area contributed by atoms with Crippen LogP contribution in [0.25, 0.3) is 0 Å². The van der Waals surface area contributed by atoms with Crippen LogP contribution in [0, 0.1) is 6.92 Å². The van der Waals surface area contributed by atoms with Gasteiger partial charge in [-0.05, 0) is 19.1 Å². The molecule has 0 atom stereocenters. The van der Waals surface area contributed by atoms with Gasteiger partial charge < -0.3 is 10.2 Å². The average Bonchev–Trinajstić information content (AvgIpc) is 2.19. The fraction of sp³-hybridized carbons (Fsp3) is 0.500. The van der Waals surface area contributed by atoms with Crippen molar-refractivity contribution in [1.29, 1.82) is 0 Å². The van der Waals surface area contributed by atoms with E-state index in [1.807, 2.05) is 25.1 Å². The van der Waals surface area contributed by atoms with Crippen molar-refractivity contribution < 1.29 is 4.74 Å². The largest absolute Gasteiger partial charge is 0.379 e. The van der Waals surface area contributed by atoms with E-state index in [1.54, 1.807) is 0 Å². The predicted octanol–water partition coefficient (Wildman–Crippen LogP) is 1.05. The lowest BCUT2D eigenvalue weighted by Crippen LogP contribution is -2.40. The van der Waals surface area contributed by atoms with Crippen molar-refractivity contribution in [2.24, 2.45) is 0 Å². The molecule has 1 N–H and O–H groups in total. The summed E-state index contributed by atoms with van der Waals surface area (Å²) in [5.74, 6) is 0.909. The van der Waals surface area contributed by atoms with Crippen LogP contribution in [-0.2, 0) is 4.74 Å². The van der Waals surface area contributed by atoms with E-state index < -0.39 is 0 Å². The number of hydrogen-bond donors (Lipinski definition) is 1. The number of rotatable bonds is 2. The molecule has 0 saturated carbocycles. The first kappa shape index (κ1) is 9.43. The number of nitrogens with zero attached hydrogens (tertiary/aromatic N) is 2. The summed E-state index contributed by atoms with van der Waals surface area (Å²) in [5, 5.41) is 2.13. The molecule has 1 aliphatic heterocycles. The molecule has 0 spiro atoms. The Morgan fingerprint density at radius 3 is 2.86 bits per heavy atom. The van der Waals surface area contributed by atoms with Gasteiger partial charge in [0.1, 0.15) is 5.82 Å². The molecule has 0 aromatic carbocycles. The van der Waals surface area contributed by atoms with E-state index in [2.05, 4.69) is 15.4 Å². The molecule has 1 aliphatic rings. The summed E-state index contributed by atoms with van der Waals surface area (Å²) >= 11 is 0. The Hall–Kier alpha value is -1.13. The van der Waals surface area contributed by atoms with Crippen LogP contribution in [0.3, 0.4) is 0 Å². The maximum Gasteiger partial charge on any atom is 0.140 e. The second-order valence-electron chi connectivity index (χ2n) is 3.38. The van der Waals surface area contributed by atoms with Gasteiger partial charge in [0.05, 0.1) is 13.2 Å². The van der Waals surface area contributed by atoms with E-state index >= 15 is 0 Å². The van der Waals surface area contributed by atoms with Crippen LogP contribution in [0.2, 0.25) is 0 Å². The van der Waals surface area contributed by atoms with Crippen molar-refractivity contribution in [1.82, 2.24) is 9.99 Å². The lowest BCUT2D eigenvalue weighted by Gasteiger charge is -2.27. The molecule has 14 heavy (non-hydrogen) atoms. The highest BCUT2D eigenvalue weighted by molar-refractivity contribution is 5.33. The maximum absolute atomic E-state index is 5.26. The van der Waals surface area contributed by atoms with Gasteiger partial charge in [0, 0.05) is 18.8 Å². The predicted molar refractivity (Wildman–Crippen MR) is 55.0 cm³/mol. The van der Waals surface area contributed by atoms with Gasteiger partial charge >= 0.3 is 0 Å². The third-order valence-electron chi connectivity index (χ3n) is 2.17. The lowest BCUT2D eigenvalue weighted by molar-refractivity contribution is 0.0495. The first-order chi connectivity index (χ1) is 6.84. The van der Waals surface area contributed by atoms with Crippen molar-refractivity contribution >= 4 is 5.82 Å². The highest BCUT2D eigenvalue weighted by atomic mass is 16.5. The van der Waals surface area contributed by atoms with Crippen LogP contribution in [0.1, 0.15) is 5.69 Å². The molecule has 2 rings (SSSR count). The Kier molecular flexibility index (Phi) is 2.96. The minimum absolute atomic E-state index is 0.790. The Bertz CT molecular complexity index is 297. The number of pyridine rings is 1. The highest BCUT2D eigenvalue weighted by Crippen LogP contribution is 2.06. The summed E-state index contributed by atoms with van der Waals surface area (Å²) in [6, 6.07) is 5.97. The van der Waals surface area contributed by atoms with Gasteiger partial charge in [0.2, 0.25) is 0 Å².